The maximum atomic E-state index is 10.8. The molecule has 1 aliphatic rings. The van der Waals surface area contributed by atoms with Crippen LogP contribution in [-0.4, -0.2) is 46.7 Å². The van der Waals surface area contributed by atoms with Gasteiger partial charge in [-0.3, -0.25) is 9.98 Å². The molecule has 1 saturated carbocycles. The molecule has 0 saturated heterocycles. The van der Waals surface area contributed by atoms with Gasteiger partial charge in [0.25, 0.3) is 0 Å². The summed E-state index contributed by atoms with van der Waals surface area (Å²) in [6.45, 7) is 15.0. The van der Waals surface area contributed by atoms with Crippen molar-refractivity contribution >= 4 is 24.4 Å². The molecule has 0 aromatic heterocycles. The minimum atomic E-state index is -1.08. The van der Waals surface area contributed by atoms with Crippen LogP contribution in [0.3, 0.4) is 0 Å². The van der Waals surface area contributed by atoms with Crippen molar-refractivity contribution in [1.29, 1.82) is 0 Å². The van der Waals surface area contributed by atoms with E-state index in [-0.39, 0.29) is 28.9 Å². The van der Waals surface area contributed by atoms with Gasteiger partial charge in [-0.05, 0) is 105 Å². The molecule has 245 valence electrons. The maximum absolute atomic E-state index is 10.8. The Hall–Kier alpha value is -3.17. The number of aliphatic carboxylic acids is 2. The fourth-order valence-electron chi connectivity index (χ4n) is 5.11. The quantitative estimate of drug-likeness (QED) is 0.359. The first-order valence-electron chi connectivity index (χ1n) is 15.3. The van der Waals surface area contributed by atoms with Gasteiger partial charge in [-0.1, -0.05) is 53.7 Å². The van der Waals surface area contributed by atoms with Crippen LogP contribution in [0.1, 0.15) is 108 Å². The van der Waals surface area contributed by atoms with Crippen molar-refractivity contribution in [3.8, 4) is 11.5 Å². The Morgan fingerprint density at radius 3 is 1.36 bits per heavy atom. The predicted molar refractivity (Wildman–Crippen MR) is 170 cm³/mol. The van der Waals surface area contributed by atoms with E-state index in [1.165, 1.54) is 11.1 Å². The van der Waals surface area contributed by atoms with Crippen molar-refractivity contribution in [3.63, 3.8) is 0 Å². The Labute approximate surface area is 273 Å². The number of aromatic hydroxyl groups is 2. The Morgan fingerprint density at radius 1 is 0.773 bits per heavy atom. The van der Waals surface area contributed by atoms with Gasteiger partial charge in [0.15, 0.2) is 0 Å². The van der Waals surface area contributed by atoms with Crippen LogP contribution in [0.25, 0.3) is 0 Å². The second-order valence-electron chi connectivity index (χ2n) is 11.9. The molecular formula is C35H50CoN2O6. The Morgan fingerprint density at radius 2 is 1.09 bits per heavy atom. The molecule has 2 aromatic carbocycles. The van der Waals surface area contributed by atoms with Crippen LogP contribution in [0, 0.1) is 11.8 Å². The van der Waals surface area contributed by atoms with Gasteiger partial charge in [0.1, 0.15) is 11.5 Å². The number of aliphatic imine (C=N–C) groups is 2. The van der Waals surface area contributed by atoms with Crippen molar-refractivity contribution < 1.29 is 46.8 Å². The number of phenols is 2. The Kier molecular flexibility index (Phi) is 19.2. The van der Waals surface area contributed by atoms with Crippen LogP contribution in [0.4, 0.5) is 0 Å². The van der Waals surface area contributed by atoms with Crippen molar-refractivity contribution in [2.24, 2.45) is 21.8 Å². The summed E-state index contributed by atoms with van der Waals surface area (Å²) in [4.78, 5) is 27.6. The van der Waals surface area contributed by atoms with Gasteiger partial charge in [0.2, 0.25) is 0 Å². The third kappa shape index (κ3) is 15.0. The van der Waals surface area contributed by atoms with Gasteiger partial charge in [-0.2, -0.15) is 0 Å². The molecule has 2 N–H and O–H groups in total. The van der Waals surface area contributed by atoms with Crippen LogP contribution >= 0.6 is 0 Å². The van der Waals surface area contributed by atoms with E-state index < -0.39 is 11.9 Å². The van der Waals surface area contributed by atoms with Crippen molar-refractivity contribution in [3.05, 3.63) is 57.6 Å². The van der Waals surface area contributed by atoms with Gasteiger partial charge in [-0.25, -0.2) is 0 Å². The van der Waals surface area contributed by atoms with Crippen LogP contribution in [0.5, 0.6) is 11.5 Å². The molecule has 2 unspecified atom stereocenters. The summed E-state index contributed by atoms with van der Waals surface area (Å²) in [5.41, 5.74) is 6.08. The molecule has 0 aliphatic heterocycles. The molecule has 8 nitrogen and oxygen atoms in total. The zero-order chi connectivity index (χ0) is 32.7. The van der Waals surface area contributed by atoms with Gasteiger partial charge in [0.05, 0.1) is 12.1 Å². The van der Waals surface area contributed by atoms with E-state index in [0.717, 1.165) is 81.0 Å². The number of aryl methyl sites for hydroxylation is 2. The zero-order valence-electron chi connectivity index (χ0n) is 27.5. The van der Waals surface area contributed by atoms with Crippen molar-refractivity contribution in [2.45, 2.75) is 112 Å². The van der Waals surface area contributed by atoms with E-state index in [9.17, 15) is 10.2 Å². The molecule has 1 fully saturated rings. The first-order valence-corrected chi connectivity index (χ1v) is 15.3. The summed E-state index contributed by atoms with van der Waals surface area (Å²) in [7, 11) is 0. The van der Waals surface area contributed by atoms with E-state index in [0.29, 0.717) is 23.3 Å². The molecule has 0 spiro atoms. The van der Waals surface area contributed by atoms with Crippen molar-refractivity contribution in [2.75, 3.05) is 0 Å². The smallest absolute Gasteiger partial charge is 0.550 e. The third-order valence-electron chi connectivity index (χ3n) is 6.86. The predicted octanol–water partition coefficient (Wildman–Crippen LogP) is 4.59. The minimum Gasteiger partial charge on any atom is -0.550 e. The molecule has 1 aliphatic carbocycles. The number of hydrogen-bond acceptors (Lipinski definition) is 8. The molecule has 9 heteroatoms. The minimum absolute atomic E-state index is 0. The normalized spacial score (nSPS) is 16.0. The van der Waals surface area contributed by atoms with Crippen LogP contribution in [0.15, 0.2) is 34.3 Å². The topological polar surface area (TPSA) is 145 Å². The maximum Gasteiger partial charge on any atom is 2.00 e. The fraction of sp³-hybridized carbons (Fsp3) is 0.543. The molecule has 0 bridgehead atoms. The molecule has 0 amide bonds. The number of carbonyl (C=O) groups excluding carboxylic acids is 2. The summed E-state index contributed by atoms with van der Waals surface area (Å²) in [5.74, 6) is -0.348. The SMILES string of the molecule is CC(=O)[O-].CC(=O)[O-].CCc1cc(CC(C)C)cc(C=NC2CCCC2N=Cc2cc(CC(C)C)cc(CC)c2O)c1O.[Co+2]. The summed E-state index contributed by atoms with van der Waals surface area (Å²) in [5, 5.41) is 39.3. The Balaban J connectivity index is 0.00000183. The second kappa shape index (κ2) is 20.7. The summed E-state index contributed by atoms with van der Waals surface area (Å²) in [6, 6.07) is 8.60. The van der Waals surface area contributed by atoms with Gasteiger partial charge in [-0.15, -0.1) is 0 Å². The molecule has 1 radical (unpaired) electrons. The van der Waals surface area contributed by atoms with Gasteiger partial charge < -0.3 is 30.0 Å². The molecule has 0 heterocycles. The van der Waals surface area contributed by atoms with E-state index in [2.05, 4.69) is 65.8 Å². The first kappa shape index (κ1) is 40.8. The standard InChI is InChI=1S/C31H44N2O2.2C2H4O2.Co/c1-7-24-14-22(12-20(3)4)16-26(30(24)34)18-32-28-10-9-11-29(28)33-19-27-17-23(13-21(5)6)15-25(8-2)31(27)35;2*1-2(3)4;/h14-21,28-29,34-35H,7-13H2,1-6H3;2*1H3,(H,3,4);/q;;;+2/p-2. The molecule has 2 atom stereocenters. The summed E-state index contributed by atoms with van der Waals surface area (Å²) in [6.07, 6.45) is 10.4. The van der Waals surface area contributed by atoms with Gasteiger partial charge >= 0.3 is 16.8 Å². The van der Waals surface area contributed by atoms with E-state index >= 15 is 0 Å². The molecule has 2 aromatic rings. The fourth-order valence-corrected chi connectivity index (χ4v) is 5.11. The van der Waals surface area contributed by atoms with Crippen LogP contribution < -0.4 is 10.2 Å². The zero-order valence-corrected chi connectivity index (χ0v) is 28.5. The average Bonchev–Trinajstić information content (AvgIpc) is 3.34. The van der Waals surface area contributed by atoms with E-state index in [1.54, 1.807) is 0 Å². The summed E-state index contributed by atoms with van der Waals surface area (Å²) >= 11 is 0. The number of phenolic OH excluding ortho intramolecular Hbond substituents is 2. The summed E-state index contributed by atoms with van der Waals surface area (Å²) < 4.78 is 0. The number of carboxylic acids is 2. The van der Waals surface area contributed by atoms with Crippen molar-refractivity contribution in [1.82, 2.24) is 0 Å². The third-order valence-corrected chi connectivity index (χ3v) is 6.86. The number of rotatable bonds is 10. The number of hydrogen-bond donors (Lipinski definition) is 2. The monoisotopic (exact) mass is 653 g/mol. The van der Waals surface area contributed by atoms with Crippen LogP contribution in [0.2, 0.25) is 0 Å². The largest absolute Gasteiger partial charge is 2.00 e. The number of benzene rings is 2. The first-order chi connectivity index (χ1) is 20.2. The Bertz CT molecular complexity index is 1150. The number of carboxylic acid groups (broad SMARTS) is 2. The molecule has 3 rings (SSSR count). The second-order valence-corrected chi connectivity index (χ2v) is 11.9. The van der Waals surface area contributed by atoms with E-state index in [4.69, 9.17) is 29.8 Å². The number of carbonyl (C=O) groups is 2. The average molecular weight is 654 g/mol. The van der Waals surface area contributed by atoms with Gasteiger partial charge in [0, 0.05) is 35.5 Å². The van der Waals surface area contributed by atoms with E-state index in [1.807, 2.05) is 12.4 Å². The molecular weight excluding hydrogens is 603 g/mol. The molecule has 44 heavy (non-hydrogen) atoms. The number of nitrogens with zero attached hydrogens (tertiary/aromatic N) is 2. The van der Waals surface area contributed by atoms with Crippen LogP contribution in [-0.2, 0) is 52.1 Å².